The van der Waals surface area contributed by atoms with Crippen LogP contribution >= 0.6 is 0 Å². The van der Waals surface area contributed by atoms with Crippen LogP contribution in [-0.2, 0) is 22.9 Å². The molecule has 7 nitrogen and oxygen atoms in total. The SMILES string of the molecule is CCc1nc(C)nc(N2CCN(S(=O)(=O)c3ccc(OC)cc3)CC2)c1Cc1ccc(C)cc1. The summed E-state index contributed by atoms with van der Waals surface area (Å²) < 4.78 is 33.0. The van der Waals surface area contributed by atoms with Gasteiger partial charge in [0.1, 0.15) is 17.4 Å². The maximum Gasteiger partial charge on any atom is 0.243 e. The Bertz CT molecular complexity index is 1230. The molecule has 2 heterocycles. The lowest BCUT2D eigenvalue weighted by atomic mass is 10.0. The van der Waals surface area contributed by atoms with Crippen molar-refractivity contribution < 1.29 is 13.2 Å². The Balaban J connectivity index is 1.56. The van der Waals surface area contributed by atoms with E-state index in [1.807, 2.05) is 6.92 Å². The van der Waals surface area contributed by atoms with Gasteiger partial charge >= 0.3 is 0 Å². The smallest absolute Gasteiger partial charge is 0.243 e. The van der Waals surface area contributed by atoms with Gasteiger partial charge in [0.15, 0.2) is 0 Å². The molecule has 1 fully saturated rings. The summed E-state index contributed by atoms with van der Waals surface area (Å²) in [7, 11) is -1.99. The highest BCUT2D eigenvalue weighted by atomic mass is 32.2. The summed E-state index contributed by atoms with van der Waals surface area (Å²) >= 11 is 0. The third-order valence-electron chi connectivity index (χ3n) is 6.25. The number of hydrogen-bond acceptors (Lipinski definition) is 6. The fourth-order valence-corrected chi connectivity index (χ4v) is 5.74. The van der Waals surface area contributed by atoms with Crippen LogP contribution in [-0.4, -0.2) is 56.0 Å². The van der Waals surface area contributed by atoms with E-state index in [4.69, 9.17) is 14.7 Å². The molecule has 180 valence electrons. The zero-order chi connectivity index (χ0) is 24.3. The van der Waals surface area contributed by atoms with Crippen molar-refractivity contribution >= 4 is 15.8 Å². The van der Waals surface area contributed by atoms with Crippen molar-refractivity contribution in [2.45, 2.75) is 38.5 Å². The largest absolute Gasteiger partial charge is 0.497 e. The lowest BCUT2D eigenvalue weighted by Crippen LogP contribution is -2.49. The van der Waals surface area contributed by atoms with Gasteiger partial charge < -0.3 is 9.64 Å². The van der Waals surface area contributed by atoms with Crippen LogP contribution in [0.2, 0.25) is 0 Å². The van der Waals surface area contributed by atoms with Gasteiger partial charge in [0.05, 0.1) is 12.0 Å². The van der Waals surface area contributed by atoms with E-state index in [1.165, 1.54) is 11.1 Å². The number of hydrogen-bond donors (Lipinski definition) is 0. The van der Waals surface area contributed by atoms with Crippen molar-refractivity contribution in [1.29, 1.82) is 0 Å². The Morgan fingerprint density at radius 2 is 1.56 bits per heavy atom. The van der Waals surface area contributed by atoms with Gasteiger partial charge in [-0.15, -0.1) is 0 Å². The monoisotopic (exact) mass is 480 g/mol. The van der Waals surface area contributed by atoms with Crippen LogP contribution in [0.5, 0.6) is 5.75 Å². The van der Waals surface area contributed by atoms with Gasteiger partial charge in [0, 0.05) is 43.9 Å². The van der Waals surface area contributed by atoms with Gasteiger partial charge in [0.25, 0.3) is 0 Å². The van der Waals surface area contributed by atoms with E-state index in [0.717, 1.165) is 35.7 Å². The highest BCUT2D eigenvalue weighted by molar-refractivity contribution is 7.89. The molecule has 1 saturated heterocycles. The fraction of sp³-hybridized carbons (Fsp3) is 0.385. The second-order valence-corrected chi connectivity index (χ2v) is 10.5. The lowest BCUT2D eigenvalue weighted by Gasteiger charge is -2.36. The van der Waals surface area contributed by atoms with Gasteiger partial charge in [-0.1, -0.05) is 36.8 Å². The molecule has 0 radical (unpaired) electrons. The first kappa shape index (κ1) is 24.2. The maximum absolute atomic E-state index is 13.2. The second-order valence-electron chi connectivity index (χ2n) is 8.60. The molecule has 0 unspecified atom stereocenters. The van der Waals surface area contributed by atoms with E-state index in [9.17, 15) is 8.42 Å². The molecule has 0 spiro atoms. The Kier molecular flexibility index (Phi) is 7.19. The number of rotatable bonds is 7. The number of nitrogens with zero attached hydrogens (tertiary/aromatic N) is 4. The van der Waals surface area contributed by atoms with Gasteiger partial charge in [0.2, 0.25) is 10.0 Å². The summed E-state index contributed by atoms with van der Waals surface area (Å²) in [5.41, 5.74) is 4.63. The highest BCUT2D eigenvalue weighted by Gasteiger charge is 2.30. The summed E-state index contributed by atoms with van der Waals surface area (Å²) in [6.45, 7) is 8.09. The molecule has 0 atom stereocenters. The maximum atomic E-state index is 13.2. The van der Waals surface area contributed by atoms with Gasteiger partial charge in [-0.3, -0.25) is 0 Å². The first-order chi connectivity index (χ1) is 16.3. The van der Waals surface area contributed by atoms with Crippen molar-refractivity contribution in [3.63, 3.8) is 0 Å². The van der Waals surface area contributed by atoms with Crippen LogP contribution < -0.4 is 9.64 Å². The number of methoxy groups -OCH3 is 1. The summed E-state index contributed by atoms with van der Waals surface area (Å²) in [6, 6.07) is 15.1. The summed E-state index contributed by atoms with van der Waals surface area (Å²) in [6.07, 6.45) is 1.58. The third kappa shape index (κ3) is 5.08. The molecule has 0 saturated carbocycles. The zero-order valence-electron chi connectivity index (χ0n) is 20.3. The molecule has 0 bridgehead atoms. The number of aryl methyl sites for hydroxylation is 3. The van der Waals surface area contributed by atoms with E-state index in [2.05, 4.69) is 43.0 Å². The van der Waals surface area contributed by atoms with Crippen LogP contribution in [0, 0.1) is 13.8 Å². The van der Waals surface area contributed by atoms with E-state index in [1.54, 1.807) is 35.7 Å². The molecule has 3 aromatic rings. The molecule has 1 aliphatic rings. The molecule has 4 rings (SSSR count). The molecule has 0 amide bonds. The average molecular weight is 481 g/mol. The zero-order valence-corrected chi connectivity index (χ0v) is 21.1. The Morgan fingerprint density at radius 3 is 2.15 bits per heavy atom. The van der Waals surface area contributed by atoms with Crippen molar-refractivity contribution in [2.75, 3.05) is 38.2 Å². The number of anilines is 1. The second kappa shape index (κ2) is 10.1. The standard InChI is InChI=1S/C26H32N4O3S/c1-5-25-24(18-21-8-6-19(2)7-9-21)26(28-20(3)27-25)29-14-16-30(17-15-29)34(31,32)23-12-10-22(33-4)11-13-23/h6-13H,5,14-18H2,1-4H3. The topological polar surface area (TPSA) is 75.6 Å². The molecule has 0 N–H and O–H groups in total. The Hall–Kier alpha value is -2.97. The Labute approximate surface area is 202 Å². The molecule has 1 aliphatic heterocycles. The van der Waals surface area contributed by atoms with E-state index in [-0.39, 0.29) is 4.90 Å². The summed E-state index contributed by atoms with van der Waals surface area (Å²) in [4.78, 5) is 12.0. The van der Waals surface area contributed by atoms with Crippen molar-refractivity contribution in [1.82, 2.24) is 14.3 Å². The molecule has 0 aliphatic carbocycles. The minimum absolute atomic E-state index is 0.285. The fourth-order valence-electron chi connectivity index (χ4n) is 4.32. The van der Waals surface area contributed by atoms with Crippen LogP contribution in [0.4, 0.5) is 5.82 Å². The predicted octanol–water partition coefficient (Wildman–Crippen LogP) is 3.77. The normalized spacial score (nSPS) is 14.9. The molecule has 8 heteroatoms. The number of piperazine rings is 1. The van der Waals surface area contributed by atoms with Gasteiger partial charge in [-0.25, -0.2) is 18.4 Å². The van der Waals surface area contributed by atoms with Crippen LogP contribution in [0.1, 0.15) is 35.1 Å². The number of sulfonamides is 1. The van der Waals surface area contributed by atoms with Crippen molar-refractivity contribution in [2.24, 2.45) is 0 Å². The van der Waals surface area contributed by atoms with E-state index < -0.39 is 10.0 Å². The van der Waals surface area contributed by atoms with Crippen molar-refractivity contribution in [3.8, 4) is 5.75 Å². The highest BCUT2D eigenvalue weighted by Crippen LogP contribution is 2.27. The Morgan fingerprint density at radius 1 is 0.912 bits per heavy atom. The number of aromatic nitrogens is 2. The first-order valence-electron chi connectivity index (χ1n) is 11.6. The van der Waals surface area contributed by atoms with Crippen LogP contribution in [0.25, 0.3) is 0 Å². The van der Waals surface area contributed by atoms with E-state index in [0.29, 0.717) is 31.9 Å². The summed E-state index contributed by atoms with van der Waals surface area (Å²) in [5, 5.41) is 0. The predicted molar refractivity (Wildman–Crippen MR) is 134 cm³/mol. The lowest BCUT2D eigenvalue weighted by molar-refractivity contribution is 0.383. The van der Waals surface area contributed by atoms with Crippen LogP contribution in [0.15, 0.2) is 53.4 Å². The first-order valence-corrected chi connectivity index (χ1v) is 13.1. The van der Waals surface area contributed by atoms with Crippen LogP contribution in [0.3, 0.4) is 0 Å². The molecule has 1 aromatic heterocycles. The number of ether oxygens (including phenoxy) is 1. The summed E-state index contributed by atoms with van der Waals surface area (Å²) in [5.74, 6) is 2.30. The van der Waals surface area contributed by atoms with E-state index >= 15 is 0 Å². The molecular weight excluding hydrogens is 448 g/mol. The quantitative estimate of drug-likeness (QED) is 0.513. The van der Waals surface area contributed by atoms with Gasteiger partial charge in [-0.2, -0.15) is 4.31 Å². The molecule has 34 heavy (non-hydrogen) atoms. The van der Waals surface area contributed by atoms with Gasteiger partial charge in [-0.05, 0) is 50.1 Å². The number of benzene rings is 2. The minimum atomic E-state index is -3.56. The molecular formula is C26H32N4O3S. The van der Waals surface area contributed by atoms with Crippen molar-refractivity contribution in [3.05, 3.63) is 76.7 Å². The third-order valence-corrected chi connectivity index (χ3v) is 8.17. The minimum Gasteiger partial charge on any atom is -0.497 e. The molecule has 2 aromatic carbocycles. The average Bonchev–Trinajstić information content (AvgIpc) is 2.86.